The van der Waals surface area contributed by atoms with E-state index in [1.165, 1.54) is 24.4 Å². The molecule has 0 aliphatic rings. The quantitative estimate of drug-likeness (QED) is 0.347. The number of fused-ring (bicyclic) bond motifs is 2. The van der Waals surface area contributed by atoms with Crippen LogP contribution in [0.1, 0.15) is 0 Å². The Morgan fingerprint density at radius 1 is 0.958 bits per heavy atom. The number of hydrogen-bond donors (Lipinski definition) is 4. The van der Waals surface area contributed by atoms with Gasteiger partial charge in [0.05, 0.1) is 7.11 Å². The first-order valence-electron chi connectivity index (χ1n) is 6.58. The molecule has 13 nitrogen and oxygen atoms in total. The molecule has 13 heteroatoms. The third kappa shape index (κ3) is 1.85. The van der Waals surface area contributed by atoms with Crippen molar-refractivity contribution in [3.05, 3.63) is 12.7 Å². The summed E-state index contributed by atoms with van der Waals surface area (Å²) in [7, 11) is 1.46. The minimum atomic E-state index is -0.0445. The maximum atomic E-state index is 9.16. The third-order valence-electron chi connectivity index (χ3n) is 3.29. The van der Waals surface area contributed by atoms with Gasteiger partial charge in [0.2, 0.25) is 17.8 Å². The molecule has 122 valence electrons. The highest BCUT2D eigenvalue weighted by Gasteiger charge is 2.18. The van der Waals surface area contributed by atoms with Gasteiger partial charge in [-0.2, -0.15) is 19.9 Å². The maximum Gasteiger partial charge on any atom is 0.247 e. The maximum absolute atomic E-state index is 9.16. The largest absolute Gasteiger partial charge is 0.479 e. The van der Waals surface area contributed by atoms with Crippen molar-refractivity contribution in [3.63, 3.8) is 0 Å². The second-order valence-electron chi connectivity index (χ2n) is 4.66. The minimum Gasteiger partial charge on any atom is -0.479 e. The van der Waals surface area contributed by atoms with Gasteiger partial charge in [0.15, 0.2) is 28.1 Å². The molecule has 0 saturated carbocycles. The molecule has 0 aliphatic heterocycles. The number of ether oxygens (including phenoxy) is 1. The molecule has 0 radical (unpaired) electrons. The summed E-state index contributed by atoms with van der Waals surface area (Å²) in [5.41, 5.74) is 14.7. The molecule has 0 saturated heterocycles. The first-order valence-corrected chi connectivity index (χ1v) is 6.58. The number of nitrogens with two attached hydrogens (primary N) is 2. The van der Waals surface area contributed by atoms with Gasteiger partial charge in [-0.25, -0.2) is 19.3 Å². The van der Waals surface area contributed by atoms with Crippen molar-refractivity contribution in [1.29, 1.82) is 0 Å². The van der Waals surface area contributed by atoms with E-state index in [0.717, 1.165) is 0 Å². The van der Waals surface area contributed by atoms with E-state index in [1.807, 2.05) is 5.48 Å². The van der Waals surface area contributed by atoms with Gasteiger partial charge in [0, 0.05) is 0 Å². The number of aromatic nitrogens is 8. The Labute approximate surface area is 132 Å². The van der Waals surface area contributed by atoms with E-state index in [0.29, 0.717) is 22.3 Å². The zero-order valence-corrected chi connectivity index (χ0v) is 12.2. The molecule has 4 heterocycles. The van der Waals surface area contributed by atoms with Gasteiger partial charge in [-0.15, -0.1) is 0 Å². The SMILES string of the molecule is COc1nc(N)nc2c1ncn2-n1cnc2c(NO)nc(N)nc21. The molecular weight excluding hydrogens is 318 g/mol. The van der Waals surface area contributed by atoms with E-state index in [4.69, 9.17) is 21.4 Å². The highest BCUT2D eigenvalue weighted by Crippen LogP contribution is 2.24. The lowest BCUT2D eigenvalue weighted by molar-refractivity contribution is 0.387. The topological polar surface area (TPSA) is 181 Å². The highest BCUT2D eigenvalue weighted by atomic mass is 16.5. The van der Waals surface area contributed by atoms with Gasteiger partial charge in [0.25, 0.3) is 0 Å². The second kappa shape index (κ2) is 4.88. The molecule has 0 amide bonds. The lowest BCUT2D eigenvalue weighted by Gasteiger charge is -2.07. The summed E-state index contributed by atoms with van der Waals surface area (Å²) in [6.45, 7) is 0. The number of hydrogen-bond acceptors (Lipinski definition) is 11. The van der Waals surface area contributed by atoms with Gasteiger partial charge >= 0.3 is 0 Å². The van der Waals surface area contributed by atoms with Crippen molar-refractivity contribution >= 4 is 40.0 Å². The van der Waals surface area contributed by atoms with Crippen molar-refractivity contribution in [1.82, 2.24) is 39.3 Å². The van der Waals surface area contributed by atoms with Crippen LogP contribution in [0.5, 0.6) is 5.88 Å². The highest BCUT2D eigenvalue weighted by molar-refractivity contribution is 5.84. The number of rotatable bonds is 3. The molecular formula is C11H11N11O2. The van der Waals surface area contributed by atoms with Crippen molar-refractivity contribution < 1.29 is 9.94 Å². The number of nitrogens with zero attached hydrogens (tertiary/aromatic N) is 8. The van der Waals surface area contributed by atoms with Crippen LogP contribution in [-0.4, -0.2) is 51.6 Å². The van der Waals surface area contributed by atoms with Gasteiger partial charge in [0.1, 0.15) is 12.7 Å². The smallest absolute Gasteiger partial charge is 0.247 e. The number of nitrogens with one attached hydrogen (secondary N) is 1. The summed E-state index contributed by atoms with van der Waals surface area (Å²) >= 11 is 0. The Morgan fingerprint density at radius 2 is 1.54 bits per heavy atom. The van der Waals surface area contributed by atoms with Gasteiger partial charge in [-0.05, 0) is 0 Å². The fraction of sp³-hybridized carbons (Fsp3) is 0.0909. The zero-order chi connectivity index (χ0) is 16.8. The summed E-state index contributed by atoms with van der Waals surface area (Å²) < 4.78 is 8.23. The van der Waals surface area contributed by atoms with Crippen LogP contribution in [0.3, 0.4) is 0 Å². The van der Waals surface area contributed by atoms with Gasteiger partial charge in [-0.1, -0.05) is 0 Å². The average molecular weight is 329 g/mol. The van der Waals surface area contributed by atoms with Crippen molar-refractivity contribution in [2.75, 3.05) is 24.1 Å². The summed E-state index contributed by atoms with van der Waals surface area (Å²) in [6.07, 6.45) is 2.93. The summed E-state index contributed by atoms with van der Waals surface area (Å²) in [6, 6.07) is 0. The van der Waals surface area contributed by atoms with Gasteiger partial charge in [-0.3, -0.25) is 10.7 Å². The van der Waals surface area contributed by atoms with Crippen molar-refractivity contribution in [2.24, 2.45) is 0 Å². The van der Waals surface area contributed by atoms with Crippen LogP contribution >= 0.6 is 0 Å². The zero-order valence-electron chi connectivity index (χ0n) is 12.2. The molecule has 0 bridgehead atoms. The van der Waals surface area contributed by atoms with E-state index in [2.05, 4.69) is 29.9 Å². The lowest BCUT2D eigenvalue weighted by Crippen LogP contribution is -2.10. The minimum absolute atomic E-state index is 0.0253. The Balaban J connectivity index is 2.04. The molecule has 6 N–H and O–H groups in total. The van der Waals surface area contributed by atoms with Crippen molar-refractivity contribution in [2.45, 2.75) is 0 Å². The third-order valence-corrected chi connectivity index (χ3v) is 3.29. The Kier molecular flexibility index (Phi) is 2.83. The van der Waals surface area contributed by atoms with E-state index in [1.54, 1.807) is 4.68 Å². The fourth-order valence-corrected chi connectivity index (χ4v) is 2.32. The first-order chi connectivity index (χ1) is 11.6. The predicted octanol–water partition coefficient (Wildman–Crippen LogP) is -0.749. The molecule has 0 aromatic carbocycles. The van der Waals surface area contributed by atoms with Gasteiger partial charge < -0.3 is 16.2 Å². The molecule has 0 aliphatic carbocycles. The summed E-state index contributed by atoms with van der Waals surface area (Å²) in [4.78, 5) is 24.5. The molecule has 0 fully saturated rings. The molecule has 4 rings (SSSR count). The van der Waals surface area contributed by atoms with E-state index in [-0.39, 0.29) is 23.6 Å². The Hall–Kier alpha value is -3.74. The molecule has 4 aromatic rings. The van der Waals surface area contributed by atoms with Crippen LogP contribution in [0.2, 0.25) is 0 Å². The summed E-state index contributed by atoms with van der Waals surface area (Å²) in [5.74, 6) is 0.300. The monoisotopic (exact) mass is 329 g/mol. The predicted molar refractivity (Wildman–Crippen MR) is 82.2 cm³/mol. The molecule has 24 heavy (non-hydrogen) atoms. The van der Waals surface area contributed by atoms with Crippen molar-refractivity contribution in [3.8, 4) is 5.88 Å². The molecule has 4 aromatic heterocycles. The summed E-state index contributed by atoms with van der Waals surface area (Å²) in [5, 5.41) is 9.16. The van der Waals surface area contributed by atoms with Crippen LogP contribution in [0.4, 0.5) is 17.7 Å². The molecule has 0 atom stereocenters. The van der Waals surface area contributed by atoms with E-state index in [9.17, 15) is 0 Å². The van der Waals surface area contributed by atoms with E-state index >= 15 is 0 Å². The Morgan fingerprint density at radius 3 is 2.17 bits per heavy atom. The Bertz CT molecular complexity index is 983. The average Bonchev–Trinajstić information content (AvgIpc) is 3.16. The van der Waals surface area contributed by atoms with Crippen LogP contribution in [0, 0.1) is 0 Å². The molecule has 0 unspecified atom stereocenters. The standard InChI is InChI=1S/C11H11N11O2/c1-24-9-5-8(18-11(13)19-9)22(3-15-5)21-2-14-4-6(20-23)16-10(12)17-7(4)21/h2-3,23H,1H3,(H2,13,18,19)(H3,12,16,17,20). The second-order valence-corrected chi connectivity index (χ2v) is 4.66. The van der Waals surface area contributed by atoms with Crippen LogP contribution < -0.4 is 21.7 Å². The lowest BCUT2D eigenvalue weighted by atomic mass is 10.5. The molecule has 0 spiro atoms. The van der Waals surface area contributed by atoms with Crippen LogP contribution in [-0.2, 0) is 0 Å². The number of methoxy groups -OCH3 is 1. The van der Waals surface area contributed by atoms with E-state index < -0.39 is 0 Å². The fourth-order valence-electron chi connectivity index (χ4n) is 2.32. The number of imidazole rings is 2. The number of nitrogen functional groups attached to an aromatic ring is 2. The number of anilines is 3. The van der Waals surface area contributed by atoms with Crippen LogP contribution in [0.15, 0.2) is 12.7 Å². The van der Waals surface area contributed by atoms with Crippen LogP contribution in [0.25, 0.3) is 22.3 Å². The normalized spacial score (nSPS) is 11.2. The first kappa shape index (κ1) is 13.9.